The van der Waals surface area contributed by atoms with Gasteiger partial charge in [-0.25, -0.2) is 4.68 Å². The molecule has 1 fully saturated rings. The maximum Gasteiger partial charge on any atom is 0.334 e. The number of anilines is 1. The summed E-state index contributed by atoms with van der Waals surface area (Å²) in [6.07, 6.45) is 2.41. The van der Waals surface area contributed by atoms with Gasteiger partial charge in [0.25, 0.3) is 0 Å². The molecule has 0 amide bonds. The van der Waals surface area contributed by atoms with E-state index in [1.54, 1.807) is 11.7 Å². The summed E-state index contributed by atoms with van der Waals surface area (Å²) in [6.45, 7) is 5.80. The van der Waals surface area contributed by atoms with Gasteiger partial charge in [-0.3, -0.25) is 10.1 Å². The highest BCUT2D eigenvalue weighted by atomic mass is 16.6. The monoisotopic (exact) mass is 267 g/mol. The molecule has 0 bridgehead atoms. The third-order valence-electron chi connectivity index (χ3n) is 3.55. The summed E-state index contributed by atoms with van der Waals surface area (Å²) in [5.74, 6) is 0.514. The number of aromatic nitrogens is 2. The van der Waals surface area contributed by atoms with Crippen LogP contribution in [0.15, 0.2) is 0 Å². The molecule has 7 nitrogen and oxygen atoms in total. The smallest absolute Gasteiger partial charge is 0.334 e. The van der Waals surface area contributed by atoms with Gasteiger partial charge in [0, 0.05) is 19.1 Å². The Morgan fingerprint density at radius 1 is 1.63 bits per heavy atom. The lowest BCUT2D eigenvalue weighted by Gasteiger charge is -2.25. The molecule has 1 atom stereocenters. The summed E-state index contributed by atoms with van der Waals surface area (Å²) >= 11 is 0. The van der Waals surface area contributed by atoms with Gasteiger partial charge in [0.15, 0.2) is 0 Å². The lowest BCUT2D eigenvalue weighted by atomic mass is 10.0. The van der Waals surface area contributed by atoms with Gasteiger partial charge in [0.2, 0.25) is 5.82 Å². The van der Waals surface area contributed by atoms with E-state index in [9.17, 15) is 10.1 Å². The first kappa shape index (κ1) is 13.8. The zero-order chi connectivity index (χ0) is 14.0. The Bertz CT molecular complexity index is 477. The first-order chi connectivity index (χ1) is 8.97. The van der Waals surface area contributed by atoms with Crippen LogP contribution in [0.25, 0.3) is 0 Å². The number of nitrogens with one attached hydrogen (secondary N) is 2. The van der Waals surface area contributed by atoms with Crippen LogP contribution in [0, 0.1) is 10.1 Å². The summed E-state index contributed by atoms with van der Waals surface area (Å²) < 4.78 is 1.59. The van der Waals surface area contributed by atoms with Gasteiger partial charge in [0.05, 0.1) is 4.92 Å². The summed E-state index contributed by atoms with van der Waals surface area (Å²) in [5.41, 5.74) is 0.534. The third kappa shape index (κ3) is 2.70. The molecule has 0 saturated carbocycles. The number of hydrogen-bond acceptors (Lipinski definition) is 5. The number of aryl methyl sites for hydroxylation is 2. The summed E-state index contributed by atoms with van der Waals surface area (Å²) in [6, 6.07) is 0. The van der Waals surface area contributed by atoms with Gasteiger partial charge in [0.1, 0.15) is 5.69 Å². The van der Waals surface area contributed by atoms with Crippen molar-refractivity contribution in [3.8, 4) is 0 Å². The fourth-order valence-electron chi connectivity index (χ4n) is 2.51. The van der Waals surface area contributed by atoms with Crippen LogP contribution in [-0.2, 0) is 13.5 Å². The molecule has 0 aliphatic carbocycles. The van der Waals surface area contributed by atoms with Crippen LogP contribution in [0.1, 0.15) is 32.4 Å². The second-order valence-electron chi connectivity index (χ2n) is 5.39. The van der Waals surface area contributed by atoms with E-state index in [-0.39, 0.29) is 16.1 Å². The predicted molar refractivity (Wildman–Crippen MR) is 73.4 cm³/mol. The molecule has 1 unspecified atom stereocenters. The number of rotatable bonds is 5. The normalized spacial score (nSPS) is 22.7. The van der Waals surface area contributed by atoms with Crippen LogP contribution in [-0.4, -0.2) is 33.3 Å². The zero-order valence-electron chi connectivity index (χ0n) is 11.7. The number of nitrogens with zero attached hydrogens (tertiary/aromatic N) is 3. The van der Waals surface area contributed by atoms with Gasteiger partial charge in [-0.1, -0.05) is 13.3 Å². The predicted octanol–water partition coefficient (Wildman–Crippen LogP) is 1.44. The van der Waals surface area contributed by atoms with E-state index in [2.05, 4.69) is 22.7 Å². The summed E-state index contributed by atoms with van der Waals surface area (Å²) in [4.78, 5) is 11.0. The van der Waals surface area contributed by atoms with Crippen LogP contribution >= 0.6 is 0 Å². The molecular formula is C12H21N5O2. The molecule has 106 valence electrons. The summed E-state index contributed by atoms with van der Waals surface area (Å²) in [7, 11) is 1.75. The molecule has 1 aliphatic heterocycles. The highest BCUT2D eigenvalue weighted by Gasteiger charge is 2.34. The molecular weight excluding hydrogens is 246 g/mol. The first-order valence-corrected chi connectivity index (χ1v) is 6.66. The van der Waals surface area contributed by atoms with Crippen molar-refractivity contribution >= 4 is 11.5 Å². The van der Waals surface area contributed by atoms with Crippen molar-refractivity contribution in [2.24, 2.45) is 7.05 Å². The van der Waals surface area contributed by atoms with E-state index >= 15 is 0 Å². The Labute approximate surface area is 112 Å². The largest absolute Gasteiger partial charge is 0.358 e. The molecule has 7 heteroatoms. The topological polar surface area (TPSA) is 85.0 Å². The van der Waals surface area contributed by atoms with Crippen LogP contribution in [0.2, 0.25) is 0 Å². The first-order valence-electron chi connectivity index (χ1n) is 6.66. The average molecular weight is 267 g/mol. The van der Waals surface area contributed by atoms with Crippen molar-refractivity contribution < 1.29 is 4.92 Å². The minimum absolute atomic E-state index is 0.123. The van der Waals surface area contributed by atoms with Crippen LogP contribution < -0.4 is 10.6 Å². The molecule has 2 N–H and O–H groups in total. The Morgan fingerprint density at radius 2 is 2.37 bits per heavy atom. The molecule has 19 heavy (non-hydrogen) atoms. The van der Waals surface area contributed by atoms with Gasteiger partial charge in [-0.15, -0.1) is 0 Å². The van der Waals surface area contributed by atoms with Gasteiger partial charge < -0.3 is 10.6 Å². The van der Waals surface area contributed by atoms with Gasteiger partial charge >= 0.3 is 5.69 Å². The van der Waals surface area contributed by atoms with Crippen LogP contribution in [0.4, 0.5) is 11.5 Å². The Morgan fingerprint density at radius 3 is 2.89 bits per heavy atom. The standard InChI is InChI=1S/C12H21N5O2/c1-4-5-9-10(17(18)19)11(16(3)15-9)14-12(2)6-7-13-8-12/h13-14H,4-8H2,1-3H3. The molecule has 2 rings (SSSR count). The van der Waals surface area contributed by atoms with Gasteiger partial charge in [-0.2, -0.15) is 5.10 Å². The van der Waals surface area contributed by atoms with Crippen molar-refractivity contribution in [2.75, 3.05) is 18.4 Å². The van der Waals surface area contributed by atoms with E-state index in [0.717, 1.165) is 25.9 Å². The quantitative estimate of drug-likeness (QED) is 0.623. The lowest BCUT2D eigenvalue weighted by molar-refractivity contribution is -0.384. The minimum atomic E-state index is -0.327. The second kappa shape index (κ2) is 5.16. The molecule has 0 radical (unpaired) electrons. The molecule has 0 aromatic carbocycles. The molecule has 1 saturated heterocycles. The fourth-order valence-corrected chi connectivity index (χ4v) is 2.51. The van der Waals surface area contributed by atoms with E-state index < -0.39 is 0 Å². The Kier molecular flexibility index (Phi) is 3.75. The third-order valence-corrected chi connectivity index (χ3v) is 3.55. The van der Waals surface area contributed by atoms with Gasteiger partial charge in [-0.05, 0) is 26.3 Å². The summed E-state index contributed by atoms with van der Waals surface area (Å²) in [5, 5.41) is 22.2. The van der Waals surface area contributed by atoms with E-state index in [1.807, 2.05) is 6.92 Å². The van der Waals surface area contributed by atoms with E-state index in [4.69, 9.17) is 0 Å². The highest BCUT2D eigenvalue weighted by Crippen LogP contribution is 2.32. The zero-order valence-corrected chi connectivity index (χ0v) is 11.7. The van der Waals surface area contributed by atoms with Crippen molar-refractivity contribution in [1.29, 1.82) is 0 Å². The Hall–Kier alpha value is -1.63. The number of nitro groups is 1. The SMILES string of the molecule is CCCc1nn(C)c(NC2(C)CCNC2)c1[N+](=O)[O-]. The lowest BCUT2D eigenvalue weighted by Crippen LogP contribution is -2.37. The van der Waals surface area contributed by atoms with Crippen LogP contribution in [0.3, 0.4) is 0 Å². The highest BCUT2D eigenvalue weighted by molar-refractivity contribution is 5.61. The molecule has 2 heterocycles. The average Bonchev–Trinajstić information content (AvgIpc) is 2.86. The van der Waals surface area contributed by atoms with Crippen molar-refractivity contribution in [1.82, 2.24) is 15.1 Å². The second-order valence-corrected chi connectivity index (χ2v) is 5.39. The van der Waals surface area contributed by atoms with Crippen molar-refractivity contribution in [2.45, 2.75) is 38.6 Å². The van der Waals surface area contributed by atoms with Crippen molar-refractivity contribution in [3.63, 3.8) is 0 Å². The number of hydrogen-bond donors (Lipinski definition) is 2. The Balaban J connectivity index is 2.35. The maximum absolute atomic E-state index is 11.3. The maximum atomic E-state index is 11.3. The van der Waals surface area contributed by atoms with Crippen LogP contribution in [0.5, 0.6) is 0 Å². The van der Waals surface area contributed by atoms with E-state index in [1.165, 1.54) is 0 Å². The molecule has 1 aliphatic rings. The van der Waals surface area contributed by atoms with Crippen molar-refractivity contribution in [3.05, 3.63) is 15.8 Å². The van der Waals surface area contributed by atoms with E-state index in [0.29, 0.717) is 17.9 Å². The molecule has 0 spiro atoms. The minimum Gasteiger partial charge on any atom is -0.358 e. The fraction of sp³-hybridized carbons (Fsp3) is 0.750. The molecule has 1 aromatic heterocycles. The molecule has 1 aromatic rings.